The molecule has 0 fully saturated rings. The Morgan fingerprint density at radius 3 is 2.58 bits per heavy atom. The number of benzene rings is 2. The Kier molecular flexibility index (Phi) is 7.47. The molecule has 31 heavy (non-hydrogen) atoms. The molecule has 0 aliphatic carbocycles. The molecule has 3 rings (SSSR count). The molecule has 1 amide bonds. The quantitative estimate of drug-likeness (QED) is 0.562. The summed E-state index contributed by atoms with van der Waals surface area (Å²) in [4.78, 5) is 12.3. The summed E-state index contributed by atoms with van der Waals surface area (Å²) in [6.07, 6.45) is 2.15. The van der Waals surface area contributed by atoms with Crippen LogP contribution in [0.1, 0.15) is 64.2 Å². The van der Waals surface area contributed by atoms with Gasteiger partial charge in [0.25, 0.3) is 0 Å². The Hall–Kier alpha value is -2.69. The van der Waals surface area contributed by atoms with Gasteiger partial charge < -0.3 is 19.5 Å². The normalized spacial score (nSPS) is 15.2. The second kappa shape index (κ2) is 10.1. The van der Waals surface area contributed by atoms with E-state index in [9.17, 15) is 4.79 Å². The first-order valence-electron chi connectivity index (χ1n) is 11.2. The lowest BCUT2D eigenvalue weighted by Crippen LogP contribution is -2.23. The Morgan fingerprint density at radius 1 is 1.16 bits per heavy atom. The number of hydrogen-bond acceptors (Lipinski definition) is 4. The molecule has 0 bridgehead atoms. The maximum absolute atomic E-state index is 12.3. The van der Waals surface area contributed by atoms with Gasteiger partial charge in [-0.25, -0.2) is 0 Å². The second-order valence-electron chi connectivity index (χ2n) is 9.14. The first kappa shape index (κ1) is 23.0. The Labute approximate surface area is 186 Å². The van der Waals surface area contributed by atoms with E-state index in [1.807, 2.05) is 31.2 Å². The second-order valence-corrected chi connectivity index (χ2v) is 9.14. The van der Waals surface area contributed by atoms with Gasteiger partial charge in [-0.2, -0.15) is 0 Å². The molecule has 0 saturated carbocycles. The molecule has 2 aromatic rings. The predicted octanol–water partition coefficient (Wildman–Crippen LogP) is 5.18. The predicted molar refractivity (Wildman–Crippen MR) is 123 cm³/mol. The number of ether oxygens (including phenoxy) is 3. The van der Waals surface area contributed by atoms with Crippen LogP contribution in [0.4, 0.5) is 0 Å². The molecule has 2 aromatic carbocycles. The molecule has 0 spiro atoms. The van der Waals surface area contributed by atoms with Gasteiger partial charge in [-0.1, -0.05) is 32.9 Å². The summed E-state index contributed by atoms with van der Waals surface area (Å²) in [5.74, 6) is 2.55. The fourth-order valence-corrected chi connectivity index (χ4v) is 3.67. The molecule has 0 unspecified atom stereocenters. The van der Waals surface area contributed by atoms with E-state index in [1.165, 1.54) is 11.1 Å². The van der Waals surface area contributed by atoms with Crippen molar-refractivity contribution in [2.24, 2.45) is 0 Å². The summed E-state index contributed by atoms with van der Waals surface area (Å²) < 4.78 is 17.4. The summed E-state index contributed by atoms with van der Waals surface area (Å²) in [6.45, 7) is 12.1. The third kappa shape index (κ3) is 6.39. The van der Waals surface area contributed by atoms with Gasteiger partial charge in [-0.15, -0.1) is 0 Å². The van der Waals surface area contributed by atoms with Gasteiger partial charge in [0.05, 0.1) is 13.2 Å². The zero-order chi connectivity index (χ0) is 22.4. The van der Waals surface area contributed by atoms with Crippen molar-refractivity contribution in [3.05, 3.63) is 53.1 Å². The van der Waals surface area contributed by atoms with Crippen molar-refractivity contribution in [1.82, 2.24) is 5.32 Å². The summed E-state index contributed by atoms with van der Waals surface area (Å²) in [6, 6.07) is 12.2. The highest BCUT2D eigenvalue weighted by Gasteiger charge is 2.22. The van der Waals surface area contributed by atoms with Crippen LogP contribution in [0.5, 0.6) is 17.2 Å². The number of rotatable bonds is 9. The van der Waals surface area contributed by atoms with Crippen LogP contribution in [-0.2, 0) is 23.2 Å². The van der Waals surface area contributed by atoms with Gasteiger partial charge in [-0.3, -0.25) is 4.79 Å². The molecule has 1 aliphatic rings. The summed E-state index contributed by atoms with van der Waals surface area (Å²) in [5.41, 5.74) is 3.51. The summed E-state index contributed by atoms with van der Waals surface area (Å²) >= 11 is 0. The highest BCUT2D eigenvalue weighted by molar-refractivity contribution is 5.76. The van der Waals surface area contributed by atoms with E-state index < -0.39 is 0 Å². The molecule has 1 atom stereocenters. The fourth-order valence-electron chi connectivity index (χ4n) is 3.67. The SMILES string of the molecule is CCOc1cc2c(cc1CNC(=O)CCCOc1ccc(C(C)(C)C)cc1)O[C@H](C)C2. The van der Waals surface area contributed by atoms with E-state index in [0.717, 1.165) is 29.2 Å². The van der Waals surface area contributed by atoms with Crippen LogP contribution >= 0.6 is 0 Å². The van der Waals surface area contributed by atoms with Gasteiger partial charge >= 0.3 is 0 Å². The summed E-state index contributed by atoms with van der Waals surface area (Å²) in [5, 5.41) is 2.99. The van der Waals surface area contributed by atoms with E-state index >= 15 is 0 Å². The van der Waals surface area contributed by atoms with Crippen molar-refractivity contribution in [2.75, 3.05) is 13.2 Å². The highest BCUT2D eigenvalue weighted by atomic mass is 16.5. The molecule has 1 heterocycles. The molecule has 5 heteroatoms. The maximum atomic E-state index is 12.3. The van der Waals surface area contributed by atoms with Crippen molar-refractivity contribution < 1.29 is 19.0 Å². The zero-order valence-corrected chi connectivity index (χ0v) is 19.4. The monoisotopic (exact) mass is 425 g/mol. The van der Waals surface area contributed by atoms with Gasteiger partial charge in [-0.05, 0) is 55.5 Å². The van der Waals surface area contributed by atoms with Crippen molar-refractivity contribution >= 4 is 5.91 Å². The third-order valence-corrected chi connectivity index (χ3v) is 5.39. The van der Waals surface area contributed by atoms with Gasteiger partial charge in [0.2, 0.25) is 5.91 Å². The minimum Gasteiger partial charge on any atom is -0.494 e. The molecule has 168 valence electrons. The van der Waals surface area contributed by atoms with Gasteiger partial charge in [0, 0.05) is 30.5 Å². The maximum Gasteiger partial charge on any atom is 0.220 e. The molecule has 0 aromatic heterocycles. The highest BCUT2D eigenvalue weighted by Crippen LogP contribution is 2.35. The minimum absolute atomic E-state index is 0.00362. The molecular formula is C26H35NO4. The van der Waals surface area contributed by atoms with Crippen molar-refractivity contribution in [2.45, 2.75) is 71.9 Å². The van der Waals surface area contributed by atoms with Crippen LogP contribution in [0.3, 0.4) is 0 Å². The average molecular weight is 426 g/mol. The number of amides is 1. The smallest absolute Gasteiger partial charge is 0.220 e. The van der Waals surface area contributed by atoms with Crippen molar-refractivity contribution in [1.29, 1.82) is 0 Å². The molecule has 1 N–H and O–H groups in total. The van der Waals surface area contributed by atoms with Gasteiger partial charge in [0.15, 0.2) is 0 Å². The Morgan fingerprint density at radius 2 is 1.90 bits per heavy atom. The van der Waals surface area contributed by atoms with Crippen LogP contribution in [0.15, 0.2) is 36.4 Å². The van der Waals surface area contributed by atoms with Crippen LogP contribution in [0.25, 0.3) is 0 Å². The lowest BCUT2D eigenvalue weighted by Gasteiger charge is -2.19. The van der Waals surface area contributed by atoms with E-state index in [2.05, 4.69) is 45.1 Å². The molecule has 0 radical (unpaired) electrons. The number of carbonyl (C=O) groups is 1. The number of fused-ring (bicyclic) bond motifs is 1. The summed E-state index contributed by atoms with van der Waals surface area (Å²) in [7, 11) is 0. The fraction of sp³-hybridized carbons (Fsp3) is 0.500. The van der Waals surface area contributed by atoms with Crippen molar-refractivity contribution in [3.8, 4) is 17.2 Å². The molecular weight excluding hydrogens is 390 g/mol. The standard InChI is InChI=1S/C26H35NO4/c1-6-29-23-15-19-14-18(2)31-24(19)16-20(23)17-27-25(28)8-7-13-30-22-11-9-21(10-12-22)26(3,4)5/h9-12,15-16,18H,6-8,13-14,17H2,1-5H3,(H,27,28)/t18-/m1/s1. The number of nitrogens with one attached hydrogen (secondary N) is 1. The van der Waals surface area contributed by atoms with E-state index in [0.29, 0.717) is 32.6 Å². The van der Waals surface area contributed by atoms with E-state index in [1.54, 1.807) is 0 Å². The third-order valence-electron chi connectivity index (χ3n) is 5.39. The Bertz CT molecular complexity index is 884. The number of hydrogen-bond donors (Lipinski definition) is 1. The van der Waals surface area contributed by atoms with Gasteiger partial charge in [0.1, 0.15) is 23.4 Å². The number of carbonyl (C=O) groups excluding carboxylic acids is 1. The van der Waals surface area contributed by atoms with Crippen LogP contribution in [0, 0.1) is 0 Å². The lowest BCUT2D eigenvalue weighted by atomic mass is 9.87. The first-order valence-corrected chi connectivity index (χ1v) is 11.2. The minimum atomic E-state index is 0.00362. The van der Waals surface area contributed by atoms with Crippen LogP contribution < -0.4 is 19.5 Å². The lowest BCUT2D eigenvalue weighted by molar-refractivity contribution is -0.121. The molecule has 1 aliphatic heterocycles. The first-order chi connectivity index (χ1) is 14.8. The molecule has 5 nitrogen and oxygen atoms in total. The largest absolute Gasteiger partial charge is 0.494 e. The van der Waals surface area contributed by atoms with E-state index in [4.69, 9.17) is 14.2 Å². The Balaban J connectivity index is 1.44. The molecule has 0 saturated heterocycles. The van der Waals surface area contributed by atoms with Crippen molar-refractivity contribution in [3.63, 3.8) is 0 Å². The topological polar surface area (TPSA) is 56.8 Å². The van der Waals surface area contributed by atoms with Crippen LogP contribution in [-0.4, -0.2) is 25.2 Å². The zero-order valence-electron chi connectivity index (χ0n) is 19.4. The van der Waals surface area contributed by atoms with E-state index in [-0.39, 0.29) is 17.4 Å². The van der Waals surface area contributed by atoms with Crippen LogP contribution in [0.2, 0.25) is 0 Å². The average Bonchev–Trinajstić information content (AvgIpc) is 3.08.